The SMILES string of the molecule is O=C(NC1CC1)[C@@H]1C[C@H](Oc2ccccc2)CN1C(=O)c1cc2ccccc2[nH]1. The van der Waals surface area contributed by atoms with E-state index in [2.05, 4.69) is 10.3 Å². The van der Waals surface area contributed by atoms with E-state index in [0.29, 0.717) is 18.7 Å². The third-order valence-corrected chi connectivity index (χ3v) is 5.56. The Balaban J connectivity index is 1.39. The fourth-order valence-electron chi connectivity index (χ4n) is 3.92. The van der Waals surface area contributed by atoms with E-state index < -0.39 is 6.04 Å². The molecule has 1 aliphatic carbocycles. The molecule has 148 valence electrons. The van der Waals surface area contributed by atoms with Crippen LogP contribution in [0.15, 0.2) is 60.7 Å². The fraction of sp³-hybridized carbons (Fsp3) is 0.304. The van der Waals surface area contributed by atoms with Crippen LogP contribution in [0, 0.1) is 0 Å². The van der Waals surface area contributed by atoms with Crippen molar-refractivity contribution in [3.05, 3.63) is 66.4 Å². The maximum Gasteiger partial charge on any atom is 0.271 e. The topological polar surface area (TPSA) is 74.4 Å². The van der Waals surface area contributed by atoms with Crippen LogP contribution in [0.4, 0.5) is 0 Å². The molecule has 2 N–H and O–H groups in total. The normalized spacial score (nSPS) is 21.3. The molecule has 5 rings (SSSR count). The lowest BCUT2D eigenvalue weighted by Crippen LogP contribution is -2.46. The van der Waals surface area contributed by atoms with E-state index in [9.17, 15) is 9.59 Å². The average Bonchev–Trinajstić information content (AvgIpc) is 3.28. The van der Waals surface area contributed by atoms with Crippen molar-refractivity contribution in [2.75, 3.05) is 6.54 Å². The first kappa shape index (κ1) is 17.8. The summed E-state index contributed by atoms with van der Waals surface area (Å²) in [6.45, 7) is 0.381. The highest BCUT2D eigenvalue weighted by Crippen LogP contribution is 2.27. The molecule has 3 aromatic rings. The summed E-state index contributed by atoms with van der Waals surface area (Å²) in [5.74, 6) is 0.492. The van der Waals surface area contributed by atoms with Gasteiger partial charge in [0.1, 0.15) is 23.6 Å². The van der Waals surface area contributed by atoms with Crippen LogP contribution in [-0.4, -0.2) is 46.4 Å². The van der Waals surface area contributed by atoms with Crippen molar-refractivity contribution in [1.29, 1.82) is 0 Å². The molecular formula is C23H23N3O3. The smallest absolute Gasteiger partial charge is 0.271 e. The lowest BCUT2D eigenvalue weighted by Gasteiger charge is -2.23. The summed E-state index contributed by atoms with van der Waals surface area (Å²) in [5, 5.41) is 4.02. The first-order valence-corrected chi connectivity index (χ1v) is 10.1. The highest BCUT2D eigenvalue weighted by Gasteiger charge is 2.42. The van der Waals surface area contributed by atoms with E-state index in [4.69, 9.17) is 4.74 Å². The fourth-order valence-corrected chi connectivity index (χ4v) is 3.92. The number of H-pyrrole nitrogens is 1. The lowest BCUT2D eigenvalue weighted by molar-refractivity contribution is -0.125. The van der Waals surface area contributed by atoms with Crippen LogP contribution in [0.1, 0.15) is 29.8 Å². The molecule has 1 saturated carbocycles. The van der Waals surface area contributed by atoms with Crippen molar-refractivity contribution in [2.24, 2.45) is 0 Å². The number of amides is 2. The minimum atomic E-state index is -0.525. The summed E-state index contributed by atoms with van der Waals surface area (Å²) in [6, 6.07) is 18.9. The van der Waals surface area contributed by atoms with Crippen molar-refractivity contribution >= 4 is 22.7 Å². The van der Waals surface area contributed by atoms with Crippen LogP contribution in [0.25, 0.3) is 10.9 Å². The number of rotatable bonds is 5. The third-order valence-electron chi connectivity index (χ3n) is 5.56. The Morgan fingerprint density at radius 2 is 1.79 bits per heavy atom. The molecule has 2 aromatic carbocycles. The van der Waals surface area contributed by atoms with Crippen LogP contribution in [0.2, 0.25) is 0 Å². The van der Waals surface area contributed by atoms with Gasteiger partial charge in [0.25, 0.3) is 5.91 Å². The number of benzene rings is 2. The Hall–Kier alpha value is -3.28. The van der Waals surface area contributed by atoms with Crippen LogP contribution >= 0.6 is 0 Å². The van der Waals surface area contributed by atoms with E-state index in [1.54, 1.807) is 4.90 Å². The van der Waals surface area contributed by atoms with Gasteiger partial charge in [0.05, 0.1) is 6.54 Å². The molecule has 2 amide bonds. The molecule has 29 heavy (non-hydrogen) atoms. The van der Waals surface area contributed by atoms with Crippen LogP contribution in [0.3, 0.4) is 0 Å². The zero-order chi connectivity index (χ0) is 19.8. The minimum absolute atomic E-state index is 0.0869. The Labute approximate surface area is 168 Å². The molecule has 2 atom stereocenters. The highest BCUT2D eigenvalue weighted by atomic mass is 16.5. The predicted molar refractivity (Wildman–Crippen MR) is 110 cm³/mol. The molecule has 1 aromatic heterocycles. The molecule has 0 unspecified atom stereocenters. The number of aromatic amines is 1. The summed E-state index contributed by atoms with van der Waals surface area (Å²) in [7, 11) is 0. The van der Waals surface area contributed by atoms with Crippen molar-refractivity contribution in [3.63, 3.8) is 0 Å². The molecule has 6 nitrogen and oxygen atoms in total. The number of carbonyl (C=O) groups is 2. The molecule has 0 bridgehead atoms. The Kier molecular flexibility index (Phi) is 4.46. The molecule has 6 heteroatoms. The number of likely N-dealkylation sites (tertiary alicyclic amines) is 1. The number of fused-ring (bicyclic) bond motifs is 1. The molecule has 2 heterocycles. The number of para-hydroxylation sites is 2. The van der Waals surface area contributed by atoms with Crippen LogP contribution < -0.4 is 10.1 Å². The first-order valence-electron chi connectivity index (χ1n) is 10.1. The minimum Gasteiger partial charge on any atom is -0.488 e. The van der Waals surface area contributed by atoms with Gasteiger partial charge in [-0.15, -0.1) is 0 Å². The van der Waals surface area contributed by atoms with E-state index in [1.165, 1.54) is 0 Å². The van der Waals surface area contributed by atoms with Gasteiger partial charge in [-0.1, -0.05) is 36.4 Å². The lowest BCUT2D eigenvalue weighted by atomic mass is 10.1. The molecule has 1 aliphatic heterocycles. The molecule has 0 radical (unpaired) electrons. The van der Waals surface area contributed by atoms with Crippen molar-refractivity contribution in [2.45, 2.75) is 37.5 Å². The molecular weight excluding hydrogens is 366 g/mol. The summed E-state index contributed by atoms with van der Waals surface area (Å²) in [6.07, 6.45) is 2.29. The van der Waals surface area contributed by atoms with Gasteiger partial charge in [-0.3, -0.25) is 9.59 Å². The maximum absolute atomic E-state index is 13.3. The van der Waals surface area contributed by atoms with E-state index in [1.807, 2.05) is 60.7 Å². The van der Waals surface area contributed by atoms with Gasteiger partial charge in [-0.25, -0.2) is 0 Å². The third kappa shape index (κ3) is 3.70. The van der Waals surface area contributed by atoms with Gasteiger partial charge in [-0.05, 0) is 37.1 Å². The molecule has 2 aliphatic rings. The van der Waals surface area contributed by atoms with Gasteiger partial charge in [0, 0.05) is 23.4 Å². The number of nitrogens with one attached hydrogen (secondary N) is 2. The van der Waals surface area contributed by atoms with E-state index in [-0.39, 0.29) is 24.0 Å². The summed E-state index contributed by atoms with van der Waals surface area (Å²) in [4.78, 5) is 31.0. The summed E-state index contributed by atoms with van der Waals surface area (Å²) in [5.41, 5.74) is 1.40. The average molecular weight is 389 g/mol. The van der Waals surface area contributed by atoms with Gasteiger partial charge < -0.3 is 19.9 Å². The second kappa shape index (κ2) is 7.28. The monoisotopic (exact) mass is 389 g/mol. The summed E-state index contributed by atoms with van der Waals surface area (Å²) >= 11 is 0. The second-order valence-corrected chi connectivity index (χ2v) is 7.82. The van der Waals surface area contributed by atoms with Gasteiger partial charge in [0.2, 0.25) is 5.91 Å². The predicted octanol–water partition coefficient (Wildman–Crippen LogP) is 3.11. The van der Waals surface area contributed by atoms with Crippen molar-refractivity contribution in [1.82, 2.24) is 15.2 Å². The molecule has 2 fully saturated rings. The zero-order valence-electron chi connectivity index (χ0n) is 16.0. The Bertz CT molecular complexity index is 1010. The maximum atomic E-state index is 13.3. The van der Waals surface area contributed by atoms with E-state index in [0.717, 1.165) is 29.5 Å². The van der Waals surface area contributed by atoms with Crippen LogP contribution in [0.5, 0.6) is 5.75 Å². The van der Waals surface area contributed by atoms with Gasteiger partial charge in [-0.2, -0.15) is 0 Å². The Morgan fingerprint density at radius 3 is 2.55 bits per heavy atom. The largest absolute Gasteiger partial charge is 0.488 e. The van der Waals surface area contributed by atoms with Crippen LogP contribution in [-0.2, 0) is 4.79 Å². The summed E-state index contributed by atoms with van der Waals surface area (Å²) < 4.78 is 6.07. The number of nitrogens with zero attached hydrogens (tertiary/aromatic N) is 1. The zero-order valence-corrected chi connectivity index (χ0v) is 16.0. The number of carbonyl (C=O) groups excluding carboxylic acids is 2. The standard InChI is InChI=1S/C23H23N3O3/c27-22(24-16-10-11-16)21-13-18(29-17-7-2-1-3-8-17)14-26(21)23(28)20-12-15-6-4-5-9-19(15)25-20/h1-9,12,16,18,21,25H,10-11,13-14H2,(H,24,27)/t18-,21-/m0/s1. The highest BCUT2D eigenvalue weighted by molar-refractivity contribution is 6.00. The molecule has 1 saturated heterocycles. The number of hydrogen-bond donors (Lipinski definition) is 2. The molecule has 0 spiro atoms. The Morgan fingerprint density at radius 1 is 1.03 bits per heavy atom. The van der Waals surface area contributed by atoms with Crippen molar-refractivity contribution < 1.29 is 14.3 Å². The van der Waals surface area contributed by atoms with Gasteiger partial charge in [0.15, 0.2) is 0 Å². The first-order chi connectivity index (χ1) is 14.2. The number of hydrogen-bond acceptors (Lipinski definition) is 3. The number of aromatic nitrogens is 1. The quantitative estimate of drug-likeness (QED) is 0.704. The van der Waals surface area contributed by atoms with Crippen molar-refractivity contribution in [3.8, 4) is 5.75 Å². The number of ether oxygens (including phenoxy) is 1. The second-order valence-electron chi connectivity index (χ2n) is 7.82. The van der Waals surface area contributed by atoms with E-state index >= 15 is 0 Å². The van der Waals surface area contributed by atoms with Gasteiger partial charge >= 0.3 is 0 Å².